The third-order valence-corrected chi connectivity index (χ3v) is 16.0. The average Bonchev–Trinajstić information content (AvgIpc) is 3.47. The zero-order valence-electron chi connectivity index (χ0n) is 25.8. The van der Waals surface area contributed by atoms with Gasteiger partial charge in [-0.3, -0.25) is 0 Å². The molecule has 6 saturated carbocycles. The Morgan fingerprint density at radius 1 is 0.442 bits per heavy atom. The fraction of sp³-hybridized carbons (Fsp3) is 0.571. The fourth-order valence-corrected chi connectivity index (χ4v) is 14.9. The van der Waals surface area contributed by atoms with Crippen LogP contribution in [0.15, 0.2) is 66.7 Å². The van der Waals surface area contributed by atoms with Crippen molar-refractivity contribution in [1.82, 2.24) is 0 Å². The van der Waals surface area contributed by atoms with Crippen molar-refractivity contribution in [3.8, 4) is 11.1 Å². The van der Waals surface area contributed by atoms with E-state index in [1.165, 1.54) is 52.3 Å². The van der Waals surface area contributed by atoms with Crippen LogP contribution in [-0.2, 0) is 0 Å². The molecular formula is C42H48S. The number of benzene rings is 3. The highest BCUT2D eigenvalue weighted by atomic mass is 32.1. The lowest BCUT2D eigenvalue weighted by atomic mass is 9.37. The van der Waals surface area contributed by atoms with Crippen molar-refractivity contribution in [2.24, 2.45) is 59.2 Å². The van der Waals surface area contributed by atoms with Gasteiger partial charge in [-0.25, -0.2) is 0 Å². The number of hydrogen-bond acceptors (Lipinski definition) is 1. The van der Waals surface area contributed by atoms with Crippen LogP contribution in [0.3, 0.4) is 0 Å². The van der Waals surface area contributed by atoms with Gasteiger partial charge in [0.15, 0.2) is 0 Å². The van der Waals surface area contributed by atoms with E-state index in [0.29, 0.717) is 0 Å². The molecule has 1 heterocycles. The van der Waals surface area contributed by atoms with Gasteiger partial charge >= 0.3 is 0 Å². The Kier molecular flexibility index (Phi) is 6.20. The van der Waals surface area contributed by atoms with E-state index in [4.69, 9.17) is 0 Å². The molecule has 1 aromatic heterocycles. The summed E-state index contributed by atoms with van der Waals surface area (Å²) in [6, 6.07) is 25.4. The second kappa shape index (κ2) is 10.2. The summed E-state index contributed by atoms with van der Waals surface area (Å²) in [4.78, 5) is 0. The van der Waals surface area contributed by atoms with Crippen LogP contribution in [0.4, 0.5) is 0 Å². The zero-order valence-corrected chi connectivity index (χ0v) is 26.6. The Bertz CT molecular complexity index is 1650. The molecule has 0 spiro atoms. The maximum absolute atomic E-state index is 2.55. The third kappa shape index (κ3) is 3.85. The molecule has 11 unspecified atom stereocenters. The summed E-state index contributed by atoms with van der Waals surface area (Å²) < 4.78 is 3.08. The van der Waals surface area contributed by atoms with Crippen LogP contribution >= 0.6 is 11.3 Å². The second-order valence-electron chi connectivity index (χ2n) is 16.0. The first-order chi connectivity index (χ1) is 21.3. The van der Waals surface area contributed by atoms with Gasteiger partial charge in [-0.1, -0.05) is 92.4 Å². The first-order valence-electron chi connectivity index (χ1n) is 18.3. The molecular weight excluding hydrogens is 537 g/mol. The quantitative estimate of drug-likeness (QED) is 0.220. The lowest BCUT2D eigenvalue weighted by molar-refractivity contribution is -0.188. The summed E-state index contributed by atoms with van der Waals surface area (Å²) in [5.74, 6) is 11.5. The van der Waals surface area contributed by atoms with Crippen molar-refractivity contribution in [2.75, 3.05) is 0 Å². The van der Waals surface area contributed by atoms with Gasteiger partial charge in [0.25, 0.3) is 0 Å². The molecule has 0 radical (unpaired) electrons. The van der Waals surface area contributed by atoms with Crippen LogP contribution in [-0.4, -0.2) is 0 Å². The Hall–Kier alpha value is -2.12. The molecule has 43 heavy (non-hydrogen) atoms. The molecule has 0 amide bonds. The SMILES string of the molecule is c1ccc(-c2cccc3c2sc2c(C4CCC5C(C4)C4CCCC6C7CCCCC7C7CCCC5C7C64)cccc23)cc1. The van der Waals surface area contributed by atoms with E-state index in [2.05, 4.69) is 78.1 Å². The monoisotopic (exact) mass is 584 g/mol. The molecule has 6 aliphatic carbocycles. The first kappa shape index (κ1) is 26.1. The van der Waals surface area contributed by atoms with E-state index in [1.807, 2.05) is 0 Å². The summed E-state index contributed by atoms with van der Waals surface area (Å²) in [5, 5.41) is 2.97. The fourth-order valence-electron chi connectivity index (χ4n) is 13.5. The molecule has 0 bridgehead atoms. The Labute approximate surface area is 262 Å². The molecule has 0 aliphatic heterocycles. The second-order valence-corrected chi connectivity index (χ2v) is 17.0. The maximum atomic E-state index is 2.55. The minimum Gasteiger partial charge on any atom is -0.134 e. The molecule has 6 aliphatic rings. The van der Waals surface area contributed by atoms with Crippen LogP contribution in [0, 0.1) is 59.2 Å². The Morgan fingerprint density at radius 2 is 1.02 bits per heavy atom. The summed E-state index contributed by atoms with van der Waals surface area (Å²) in [7, 11) is 0. The van der Waals surface area contributed by atoms with Crippen LogP contribution in [0.1, 0.15) is 95.0 Å². The maximum Gasteiger partial charge on any atom is 0.0433 e. The highest BCUT2D eigenvalue weighted by Gasteiger charge is 2.62. The molecule has 11 atom stereocenters. The predicted molar refractivity (Wildman–Crippen MR) is 182 cm³/mol. The van der Waals surface area contributed by atoms with Crippen molar-refractivity contribution in [1.29, 1.82) is 0 Å². The summed E-state index contributed by atoms with van der Waals surface area (Å²) >= 11 is 2.10. The highest BCUT2D eigenvalue weighted by molar-refractivity contribution is 7.26. The van der Waals surface area contributed by atoms with Crippen LogP contribution in [0.25, 0.3) is 31.3 Å². The highest BCUT2D eigenvalue weighted by Crippen LogP contribution is 2.69. The predicted octanol–water partition coefficient (Wildman–Crippen LogP) is 12.1. The third-order valence-electron chi connectivity index (χ3n) is 14.7. The van der Waals surface area contributed by atoms with Crippen molar-refractivity contribution >= 4 is 31.5 Å². The van der Waals surface area contributed by atoms with Gasteiger partial charge in [0.1, 0.15) is 0 Å². The normalized spacial score (nSPS) is 40.0. The molecule has 6 fully saturated rings. The van der Waals surface area contributed by atoms with Crippen LogP contribution in [0.5, 0.6) is 0 Å². The topological polar surface area (TPSA) is 0 Å². The number of thiophene rings is 1. The van der Waals surface area contributed by atoms with E-state index in [0.717, 1.165) is 65.1 Å². The zero-order chi connectivity index (χ0) is 28.1. The molecule has 222 valence electrons. The van der Waals surface area contributed by atoms with Crippen LogP contribution < -0.4 is 0 Å². The van der Waals surface area contributed by atoms with Crippen molar-refractivity contribution < 1.29 is 0 Å². The number of fused-ring (bicyclic) bond motifs is 9. The van der Waals surface area contributed by atoms with Gasteiger partial charge in [0.05, 0.1) is 0 Å². The Morgan fingerprint density at radius 3 is 1.72 bits per heavy atom. The number of hydrogen-bond donors (Lipinski definition) is 0. The summed E-state index contributed by atoms with van der Waals surface area (Å²) in [6.45, 7) is 0. The van der Waals surface area contributed by atoms with Gasteiger partial charge in [0.2, 0.25) is 0 Å². The molecule has 3 aromatic carbocycles. The van der Waals surface area contributed by atoms with Gasteiger partial charge < -0.3 is 0 Å². The van der Waals surface area contributed by atoms with E-state index in [-0.39, 0.29) is 0 Å². The molecule has 0 saturated heterocycles. The summed E-state index contributed by atoms with van der Waals surface area (Å²) in [6.07, 6.45) is 20.1. The van der Waals surface area contributed by atoms with E-state index in [1.54, 1.807) is 68.1 Å². The minimum absolute atomic E-state index is 0.750. The van der Waals surface area contributed by atoms with Gasteiger partial charge in [-0.05, 0) is 140 Å². The van der Waals surface area contributed by atoms with Gasteiger partial charge in [-0.15, -0.1) is 11.3 Å². The van der Waals surface area contributed by atoms with Crippen LogP contribution in [0.2, 0.25) is 0 Å². The standard InChI is InChI=1S/C42H48S/c1-2-10-25(11-3-1)27-14-6-20-36-37-21-7-15-28(42(37)43-41(27)36)26-22-23-31-34-18-8-16-32-29-12-4-5-13-30(29)33-17-9-19-35(38(31)24-26)40(33)39(32)34/h1-3,6-7,10-11,14-15,20-21,26,29-35,38-40H,4-5,8-9,12-13,16-19,22-24H2. The average molecular weight is 585 g/mol. The molecule has 0 nitrogen and oxygen atoms in total. The lowest BCUT2D eigenvalue weighted by Crippen LogP contribution is -2.61. The lowest BCUT2D eigenvalue weighted by Gasteiger charge is -2.67. The van der Waals surface area contributed by atoms with E-state index in [9.17, 15) is 0 Å². The minimum atomic E-state index is 0.750. The molecule has 10 rings (SSSR count). The van der Waals surface area contributed by atoms with Crippen molar-refractivity contribution in [3.63, 3.8) is 0 Å². The summed E-state index contributed by atoms with van der Waals surface area (Å²) in [5.41, 5.74) is 4.46. The van der Waals surface area contributed by atoms with E-state index >= 15 is 0 Å². The van der Waals surface area contributed by atoms with Gasteiger partial charge in [0, 0.05) is 20.2 Å². The van der Waals surface area contributed by atoms with Crippen molar-refractivity contribution in [2.45, 2.75) is 89.4 Å². The number of rotatable bonds is 2. The first-order valence-corrected chi connectivity index (χ1v) is 19.2. The van der Waals surface area contributed by atoms with Gasteiger partial charge in [-0.2, -0.15) is 0 Å². The largest absolute Gasteiger partial charge is 0.134 e. The van der Waals surface area contributed by atoms with Crippen molar-refractivity contribution in [3.05, 3.63) is 72.3 Å². The molecule has 4 aromatic rings. The smallest absolute Gasteiger partial charge is 0.0433 e. The Balaban J connectivity index is 1.03. The molecule has 1 heteroatoms. The molecule has 0 N–H and O–H groups in total. The van der Waals surface area contributed by atoms with E-state index < -0.39 is 0 Å².